The maximum atomic E-state index is 12.0. The van der Waals surface area contributed by atoms with E-state index in [4.69, 9.17) is 4.74 Å². The van der Waals surface area contributed by atoms with Crippen LogP contribution in [0.1, 0.15) is 12.5 Å². The van der Waals surface area contributed by atoms with Gasteiger partial charge in [0.15, 0.2) is 6.61 Å². The number of ether oxygens (including phenoxy) is 1. The Balaban J connectivity index is 1.99. The van der Waals surface area contributed by atoms with Gasteiger partial charge in [0.1, 0.15) is 5.75 Å². The van der Waals surface area contributed by atoms with Crippen LogP contribution in [-0.4, -0.2) is 18.4 Å². The molecule has 0 atom stereocenters. The first-order chi connectivity index (χ1) is 11.0. The average Bonchev–Trinajstić information content (AvgIpc) is 2.49. The van der Waals surface area contributed by atoms with Crippen molar-refractivity contribution < 1.29 is 14.3 Å². The second-order valence-corrected chi connectivity index (χ2v) is 5.87. The van der Waals surface area contributed by atoms with Crippen LogP contribution in [0.2, 0.25) is 0 Å². The van der Waals surface area contributed by atoms with Crippen molar-refractivity contribution in [1.29, 1.82) is 0 Å². The highest BCUT2D eigenvalue weighted by atomic mass is 79.9. The molecule has 0 heterocycles. The zero-order valence-electron chi connectivity index (χ0n) is 12.9. The maximum absolute atomic E-state index is 12.0. The number of hydrogen-bond donors (Lipinski definition) is 2. The van der Waals surface area contributed by atoms with Crippen LogP contribution < -0.4 is 15.4 Å². The largest absolute Gasteiger partial charge is 0.484 e. The van der Waals surface area contributed by atoms with Crippen LogP contribution in [0.5, 0.6) is 5.75 Å². The Bertz CT molecular complexity index is 732. The number of halogens is 1. The van der Waals surface area contributed by atoms with Gasteiger partial charge in [-0.25, -0.2) is 0 Å². The molecule has 0 aliphatic rings. The van der Waals surface area contributed by atoms with Gasteiger partial charge in [0.2, 0.25) is 5.91 Å². The fourth-order valence-electron chi connectivity index (χ4n) is 1.99. The highest BCUT2D eigenvalue weighted by molar-refractivity contribution is 9.10. The molecule has 0 fully saturated rings. The summed E-state index contributed by atoms with van der Waals surface area (Å²) < 4.78 is 6.33. The number of benzene rings is 2. The Hall–Kier alpha value is -2.34. The van der Waals surface area contributed by atoms with Crippen LogP contribution in [0.3, 0.4) is 0 Å². The van der Waals surface area contributed by atoms with E-state index in [-0.39, 0.29) is 18.4 Å². The van der Waals surface area contributed by atoms with Crippen molar-refractivity contribution in [3.05, 3.63) is 52.5 Å². The first kappa shape index (κ1) is 17.0. The molecule has 0 bridgehead atoms. The van der Waals surface area contributed by atoms with E-state index in [0.717, 1.165) is 10.0 Å². The van der Waals surface area contributed by atoms with Crippen molar-refractivity contribution in [3.8, 4) is 5.75 Å². The van der Waals surface area contributed by atoms with E-state index in [1.807, 2.05) is 19.1 Å². The van der Waals surface area contributed by atoms with Gasteiger partial charge in [-0.15, -0.1) is 0 Å². The van der Waals surface area contributed by atoms with Crippen LogP contribution in [-0.2, 0) is 9.59 Å². The third-order valence-electron chi connectivity index (χ3n) is 3.08. The molecule has 0 saturated carbocycles. The van der Waals surface area contributed by atoms with E-state index in [1.165, 1.54) is 6.92 Å². The lowest BCUT2D eigenvalue weighted by atomic mass is 10.1. The number of rotatable bonds is 5. The molecule has 2 N–H and O–H groups in total. The molecular weight excluding hydrogens is 360 g/mol. The second-order valence-electron chi connectivity index (χ2n) is 4.95. The monoisotopic (exact) mass is 376 g/mol. The smallest absolute Gasteiger partial charge is 0.262 e. The fourth-order valence-corrected chi connectivity index (χ4v) is 2.37. The van der Waals surface area contributed by atoms with E-state index in [1.54, 1.807) is 30.3 Å². The second kappa shape index (κ2) is 7.78. The van der Waals surface area contributed by atoms with E-state index >= 15 is 0 Å². The molecule has 6 heteroatoms. The molecule has 5 nitrogen and oxygen atoms in total. The molecule has 2 aromatic carbocycles. The SMILES string of the molecule is CC(=O)Nc1cccc(NC(=O)COc2cccc(Br)c2)c1C. The molecule has 120 valence electrons. The summed E-state index contributed by atoms with van der Waals surface area (Å²) in [7, 11) is 0. The molecule has 0 aliphatic heterocycles. The zero-order chi connectivity index (χ0) is 16.8. The Kier molecular flexibility index (Phi) is 5.76. The number of carbonyl (C=O) groups excluding carboxylic acids is 2. The van der Waals surface area contributed by atoms with Crippen LogP contribution >= 0.6 is 15.9 Å². The number of amides is 2. The van der Waals surface area contributed by atoms with Crippen molar-refractivity contribution in [2.45, 2.75) is 13.8 Å². The van der Waals surface area contributed by atoms with E-state index < -0.39 is 0 Å². The summed E-state index contributed by atoms with van der Waals surface area (Å²) in [5.41, 5.74) is 2.10. The summed E-state index contributed by atoms with van der Waals surface area (Å²) in [5, 5.41) is 5.51. The number of hydrogen-bond acceptors (Lipinski definition) is 3. The van der Waals surface area contributed by atoms with E-state index in [9.17, 15) is 9.59 Å². The number of nitrogens with one attached hydrogen (secondary N) is 2. The minimum Gasteiger partial charge on any atom is -0.484 e. The van der Waals surface area contributed by atoms with Gasteiger partial charge >= 0.3 is 0 Å². The molecule has 0 aliphatic carbocycles. The van der Waals surface area contributed by atoms with Crippen molar-refractivity contribution in [2.75, 3.05) is 17.2 Å². The molecule has 0 unspecified atom stereocenters. The molecule has 23 heavy (non-hydrogen) atoms. The molecule has 2 aromatic rings. The van der Waals surface area contributed by atoms with Crippen molar-refractivity contribution in [2.24, 2.45) is 0 Å². The van der Waals surface area contributed by atoms with Crippen molar-refractivity contribution in [3.63, 3.8) is 0 Å². The first-order valence-electron chi connectivity index (χ1n) is 7.01. The lowest BCUT2D eigenvalue weighted by molar-refractivity contribution is -0.118. The van der Waals surface area contributed by atoms with Gasteiger partial charge in [0.25, 0.3) is 5.91 Å². The minimum atomic E-state index is -0.270. The Morgan fingerprint density at radius 2 is 1.74 bits per heavy atom. The maximum Gasteiger partial charge on any atom is 0.262 e. The van der Waals surface area contributed by atoms with Crippen LogP contribution in [0.15, 0.2) is 46.9 Å². The van der Waals surface area contributed by atoms with Gasteiger partial charge < -0.3 is 15.4 Å². The highest BCUT2D eigenvalue weighted by Gasteiger charge is 2.09. The summed E-state index contributed by atoms with van der Waals surface area (Å²) in [5.74, 6) is 0.181. The average molecular weight is 377 g/mol. The molecule has 2 rings (SSSR count). The quantitative estimate of drug-likeness (QED) is 0.835. The highest BCUT2D eigenvalue weighted by Crippen LogP contribution is 2.23. The topological polar surface area (TPSA) is 67.4 Å². The fraction of sp³-hybridized carbons (Fsp3) is 0.176. The molecule has 2 amide bonds. The third-order valence-corrected chi connectivity index (χ3v) is 3.58. The molecule has 0 radical (unpaired) electrons. The third kappa shape index (κ3) is 5.10. The molecule has 0 saturated heterocycles. The predicted octanol–water partition coefficient (Wildman–Crippen LogP) is 3.73. The lowest BCUT2D eigenvalue weighted by Gasteiger charge is -2.13. The summed E-state index contributed by atoms with van der Waals surface area (Å²) in [4.78, 5) is 23.2. The Morgan fingerprint density at radius 3 is 2.39 bits per heavy atom. The van der Waals surface area contributed by atoms with Gasteiger partial charge in [-0.2, -0.15) is 0 Å². The summed E-state index contributed by atoms with van der Waals surface area (Å²) >= 11 is 3.34. The summed E-state index contributed by atoms with van der Waals surface area (Å²) in [6.45, 7) is 3.17. The van der Waals surface area contributed by atoms with Crippen LogP contribution in [0.4, 0.5) is 11.4 Å². The molecular formula is C17H17BrN2O3. The van der Waals surface area contributed by atoms with Crippen LogP contribution in [0, 0.1) is 6.92 Å². The zero-order valence-corrected chi connectivity index (χ0v) is 14.4. The normalized spacial score (nSPS) is 10.0. The van der Waals surface area contributed by atoms with Gasteiger partial charge in [-0.1, -0.05) is 28.1 Å². The number of carbonyl (C=O) groups is 2. The predicted molar refractivity (Wildman–Crippen MR) is 93.7 cm³/mol. The van der Waals surface area contributed by atoms with Crippen molar-refractivity contribution in [1.82, 2.24) is 0 Å². The van der Waals surface area contributed by atoms with Gasteiger partial charge in [0, 0.05) is 22.8 Å². The molecule has 0 spiro atoms. The summed E-state index contributed by atoms with van der Waals surface area (Å²) in [6.07, 6.45) is 0. The Labute approximate surface area is 143 Å². The lowest BCUT2D eigenvalue weighted by Crippen LogP contribution is -2.21. The van der Waals surface area contributed by atoms with Crippen molar-refractivity contribution >= 4 is 39.1 Å². The van der Waals surface area contributed by atoms with E-state index in [0.29, 0.717) is 17.1 Å². The van der Waals surface area contributed by atoms with Gasteiger partial charge in [0.05, 0.1) is 0 Å². The number of anilines is 2. The molecule has 0 aromatic heterocycles. The first-order valence-corrected chi connectivity index (χ1v) is 7.80. The van der Waals surface area contributed by atoms with Crippen LogP contribution in [0.25, 0.3) is 0 Å². The summed E-state index contributed by atoms with van der Waals surface area (Å²) in [6, 6.07) is 12.6. The minimum absolute atomic E-state index is 0.0970. The van der Waals surface area contributed by atoms with Gasteiger partial charge in [-0.05, 0) is 42.8 Å². The Morgan fingerprint density at radius 1 is 1.09 bits per heavy atom. The van der Waals surface area contributed by atoms with E-state index in [2.05, 4.69) is 26.6 Å². The standard InChI is InChI=1S/C17H17BrN2O3/c1-11-15(19-12(2)21)7-4-8-16(11)20-17(22)10-23-14-6-3-5-13(18)9-14/h3-9H,10H2,1-2H3,(H,19,21)(H,20,22). The van der Waals surface area contributed by atoms with Gasteiger partial charge in [-0.3, -0.25) is 9.59 Å².